The van der Waals surface area contributed by atoms with Gasteiger partial charge in [0, 0.05) is 17.2 Å². The van der Waals surface area contributed by atoms with Gasteiger partial charge in [0.15, 0.2) is 0 Å². The third-order valence-electron chi connectivity index (χ3n) is 7.93. The first kappa shape index (κ1) is 23.7. The van der Waals surface area contributed by atoms with Crippen molar-refractivity contribution in [2.24, 2.45) is 17.8 Å². The first-order valence-electron chi connectivity index (χ1n) is 12.3. The molecule has 0 spiro atoms. The van der Waals surface area contributed by atoms with Gasteiger partial charge < -0.3 is 5.32 Å². The fourth-order valence-corrected chi connectivity index (χ4v) is 8.55. The Morgan fingerprint density at radius 2 is 1.56 bits per heavy atom. The molecule has 182 valence electrons. The molecular formula is C27H34N2O3S2. The Balaban J connectivity index is 1.22. The van der Waals surface area contributed by atoms with Crippen LogP contribution in [0.3, 0.4) is 0 Å². The van der Waals surface area contributed by atoms with Gasteiger partial charge in [-0.05, 0) is 91.5 Å². The molecule has 6 rings (SSSR count). The summed E-state index contributed by atoms with van der Waals surface area (Å²) in [7, 11) is -3.58. The van der Waals surface area contributed by atoms with E-state index in [1.165, 1.54) is 54.6 Å². The Morgan fingerprint density at radius 1 is 0.971 bits per heavy atom. The quantitative estimate of drug-likeness (QED) is 0.397. The Labute approximate surface area is 207 Å². The number of amides is 1. The highest BCUT2D eigenvalue weighted by Gasteiger charge is 2.51. The number of rotatable bonds is 9. The van der Waals surface area contributed by atoms with Crippen LogP contribution in [0.5, 0.6) is 0 Å². The minimum atomic E-state index is -3.58. The van der Waals surface area contributed by atoms with Gasteiger partial charge in [-0.1, -0.05) is 30.3 Å². The zero-order valence-electron chi connectivity index (χ0n) is 19.8. The molecule has 5 nitrogen and oxygen atoms in total. The lowest BCUT2D eigenvalue weighted by Crippen LogP contribution is -2.48. The molecule has 0 aliphatic heterocycles. The minimum Gasteiger partial charge on any atom is -0.354 e. The van der Waals surface area contributed by atoms with Crippen LogP contribution >= 0.6 is 11.8 Å². The van der Waals surface area contributed by atoms with E-state index in [0.717, 1.165) is 28.4 Å². The molecule has 0 heterocycles. The van der Waals surface area contributed by atoms with Crippen molar-refractivity contribution in [3.63, 3.8) is 0 Å². The lowest BCUT2D eigenvalue weighted by atomic mass is 9.48. The van der Waals surface area contributed by atoms with Gasteiger partial charge in [0.1, 0.15) is 6.54 Å². The number of hydrogen-bond acceptors (Lipinski definition) is 4. The van der Waals surface area contributed by atoms with Crippen molar-refractivity contribution in [1.82, 2.24) is 5.32 Å². The maximum atomic E-state index is 12.6. The topological polar surface area (TPSA) is 66.5 Å². The van der Waals surface area contributed by atoms with Crippen molar-refractivity contribution in [3.05, 3.63) is 60.2 Å². The molecule has 4 aliphatic carbocycles. The summed E-state index contributed by atoms with van der Waals surface area (Å²) >= 11 is 1.66. The van der Waals surface area contributed by atoms with E-state index < -0.39 is 10.0 Å². The number of anilines is 1. The summed E-state index contributed by atoms with van der Waals surface area (Å²) in [5, 5.41) is 2.86. The van der Waals surface area contributed by atoms with Crippen LogP contribution < -0.4 is 9.62 Å². The third kappa shape index (κ3) is 5.15. The van der Waals surface area contributed by atoms with E-state index in [2.05, 4.69) is 17.4 Å². The van der Waals surface area contributed by atoms with Crippen LogP contribution in [-0.4, -0.2) is 39.4 Å². The molecule has 2 aromatic carbocycles. The monoisotopic (exact) mass is 498 g/mol. The third-order valence-corrected chi connectivity index (χ3v) is 10.1. The van der Waals surface area contributed by atoms with Crippen LogP contribution in [0.4, 0.5) is 5.69 Å². The molecule has 0 aromatic heterocycles. The molecule has 1 N–H and O–H groups in total. The molecule has 0 radical (unpaired) electrons. The van der Waals surface area contributed by atoms with Crippen molar-refractivity contribution in [1.29, 1.82) is 0 Å². The van der Waals surface area contributed by atoms with Crippen LogP contribution in [0.2, 0.25) is 0 Å². The van der Waals surface area contributed by atoms with Gasteiger partial charge in [-0.15, -0.1) is 11.8 Å². The predicted octanol–water partition coefficient (Wildman–Crippen LogP) is 4.83. The molecule has 34 heavy (non-hydrogen) atoms. The average molecular weight is 499 g/mol. The van der Waals surface area contributed by atoms with Crippen LogP contribution in [0.1, 0.15) is 44.1 Å². The van der Waals surface area contributed by atoms with Crippen molar-refractivity contribution in [3.8, 4) is 0 Å². The number of nitrogens with one attached hydrogen (secondary N) is 1. The predicted molar refractivity (Wildman–Crippen MR) is 139 cm³/mol. The minimum absolute atomic E-state index is 0.203. The normalized spacial score (nSPS) is 27.5. The molecular weight excluding hydrogens is 464 g/mol. The maximum Gasteiger partial charge on any atom is 0.240 e. The van der Waals surface area contributed by atoms with E-state index in [9.17, 15) is 13.2 Å². The molecule has 7 heteroatoms. The number of hydrogen-bond donors (Lipinski definition) is 1. The van der Waals surface area contributed by atoms with Gasteiger partial charge in [0.2, 0.25) is 15.9 Å². The zero-order chi connectivity index (χ0) is 23.8. The number of carbonyl (C=O) groups excluding carboxylic acids is 1. The molecule has 0 atom stereocenters. The molecule has 4 saturated carbocycles. The van der Waals surface area contributed by atoms with Crippen molar-refractivity contribution in [2.45, 2.75) is 48.8 Å². The SMILES string of the molecule is CS(=O)(=O)N(CC(=O)NCCSc1ccccc1)c1ccc(C23CC4CC(CC(C4)C2)C3)cc1. The second-order valence-electron chi connectivity index (χ2n) is 10.5. The highest BCUT2D eigenvalue weighted by atomic mass is 32.2. The Bertz CT molecular complexity index is 1080. The van der Waals surface area contributed by atoms with Gasteiger partial charge in [0.25, 0.3) is 0 Å². The number of nitrogens with zero attached hydrogens (tertiary/aromatic N) is 1. The summed E-state index contributed by atoms with van der Waals surface area (Å²) in [4.78, 5) is 13.7. The highest BCUT2D eigenvalue weighted by Crippen LogP contribution is 2.60. The second-order valence-corrected chi connectivity index (χ2v) is 13.6. The summed E-state index contributed by atoms with van der Waals surface area (Å²) in [6.07, 6.45) is 9.19. The van der Waals surface area contributed by atoms with Crippen molar-refractivity contribution >= 4 is 33.4 Å². The van der Waals surface area contributed by atoms with Crippen molar-refractivity contribution < 1.29 is 13.2 Å². The number of sulfonamides is 1. The van der Waals surface area contributed by atoms with Crippen LogP contribution in [0, 0.1) is 17.8 Å². The summed E-state index contributed by atoms with van der Waals surface area (Å²) in [5.41, 5.74) is 2.19. The smallest absolute Gasteiger partial charge is 0.240 e. The maximum absolute atomic E-state index is 12.6. The highest BCUT2D eigenvalue weighted by molar-refractivity contribution is 7.99. The lowest BCUT2D eigenvalue weighted by molar-refractivity contribution is -0.119. The van der Waals surface area contributed by atoms with Gasteiger partial charge >= 0.3 is 0 Å². The molecule has 4 bridgehead atoms. The second kappa shape index (κ2) is 9.57. The molecule has 1 amide bonds. The number of benzene rings is 2. The molecule has 0 unspecified atom stereocenters. The average Bonchev–Trinajstić information content (AvgIpc) is 2.80. The van der Waals surface area contributed by atoms with Crippen LogP contribution in [0.25, 0.3) is 0 Å². The number of carbonyl (C=O) groups is 1. The Morgan fingerprint density at radius 3 is 2.12 bits per heavy atom. The first-order chi connectivity index (χ1) is 16.3. The van der Waals surface area contributed by atoms with Crippen LogP contribution in [-0.2, 0) is 20.2 Å². The first-order valence-corrected chi connectivity index (χ1v) is 15.2. The van der Waals surface area contributed by atoms with E-state index in [1.807, 2.05) is 42.5 Å². The summed E-state index contributed by atoms with van der Waals surface area (Å²) in [6.45, 7) is 0.284. The van der Waals surface area contributed by atoms with Gasteiger partial charge in [-0.3, -0.25) is 9.10 Å². The van der Waals surface area contributed by atoms with Crippen molar-refractivity contribution in [2.75, 3.05) is 29.4 Å². The van der Waals surface area contributed by atoms with Crippen LogP contribution in [0.15, 0.2) is 59.5 Å². The van der Waals surface area contributed by atoms with E-state index >= 15 is 0 Å². The summed E-state index contributed by atoms with van der Waals surface area (Å²) < 4.78 is 26.3. The van der Waals surface area contributed by atoms with E-state index in [0.29, 0.717) is 12.2 Å². The fraction of sp³-hybridized carbons (Fsp3) is 0.519. The van der Waals surface area contributed by atoms with E-state index in [1.54, 1.807) is 11.8 Å². The molecule has 4 fully saturated rings. The molecule has 2 aromatic rings. The van der Waals surface area contributed by atoms with E-state index in [-0.39, 0.29) is 17.9 Å². The molecule has 0 saturated heterocycles. The summed E-state index contributed by atoms with van der Waals surface area (Å²) in [5.74, 6) is 3.03. The largest absolute Gasteiger partial charge is 0.354 e. The standard InChI is InChI=1S/C27H34N2O3S2/c1-34(31,32)29(19-26(30)28-11-12-33-25-5-3-2-4-6-25)24-9-7-23(8-10-24)27-16-20-13-21(17-27)15-22(14-20)18-27/h2-10,20-22H,11-19H2,1H3,(H,28,30). The van der Waals surface area contributed by atoms with Gasteiger partial charge in [-0.2, -0.15) is 0 Å². The summed E-state index contributed by atoms with van der Waals surface area (Å²) in [6, 6.07) is 18.0. The van der Waals surface area contributed by atoms with Gasteiger partial charge in [0.05, 0.1) is 11.9 Å². The molecule has 4 aliphatic rings. The fourth-order valence-electron chi connectivity index (χ4n) is 6.91. The van der Waals surface area contributed by atoms with Gasteiger partial charge in [-0.25, -0.2) is 8.42 Å². The van der Waals surface area contributed by atoms with E-state index in [4.69, 9.17) is 0 Å². The number of thioether (sulfide) groups is 1. The lowest BCUT2D eigenvalue weighted by Gasteiger charge is -2.57. The zero-order valence-corrected chi connectivity index (χ0v) is 21.4. The Kier molecular flexibility index (Phi) is 6.68. The Hall–Kier alpha value is -1.99.